The van der Waals surface area contributed by atoms with Gasteiger partial charge in [0.1, 0.15) is 0 Å². The molecule has 0 unspecified atom stereocenters. The molecule has 5 heteroatoms. The molecule has 1 aromatic heterocycles. The number of unbranched alkanes of at least 4 members (excludes halogenated alkanes) is 1. The summed E-state index contributed by atoms with van der Waals surface area (Å²) in [5.74, 6) is 0. The van der Waals surface area contributed by atoms with Crippen LogP contribution < -0.4 is 4.90 Å². The van der Waals surface area contributed by atoms with E-state index in [2.05, 4.69) is 49.3 Å². The number of fused-ring (bicyclic) bond motifs is 1. The third kappa shape index (κ3) is 5.25. The number of aromatic nitrogens is 1. The number of hydrogen-bond donors (Lipinski definition) is 0. The summed E-state index contributed by atoms with van der Waals surface area (Å²) in [6, 6.07) is 6.35. The Balaban J connectivity index is 1.65. The van der Waals surface area contributed by atoms with Crippen molar-refractivity contribution >= 4 is 38.3 Å². The van der Waals surface area contributed by atoms with Crippen LogP contribution in [0.4, 0.5) is 5.13 Å². The number of rotatable bonds is 7. The summed E-state index contributed by atoms with van der Waals surface area (Å²) in [5.41, 5.74) is 3.65. The molecule has 1 aliphatic rings. The van der Waals surface area contributed by atoms with E-state index in [4.69, 9.17) is 16.6 Å². The molecule has 1 atom stereocenters. The maximum atomic E-state index is 6.13. The van der Waals surface area contributed by atoms with Crippen molar-refractivity contribution in [2.24, 2.45) is 0 Å². The lowest BCUT2D eigenvalue weighted by Gasteiger charge is -2.40. The van der Waals surface area contributed by atoms with Crippen molar-refractivity contribution < 1.29 is 0 Å². The molecule has 2 heterocycles. The van der Waals surface area contributed by atoms with Crippen molar-refractivity contribution in [1.82, 2.24) is 9.88 Å². The van der Waals surface area contributed by atoms with Gasteiger partial charge in [-0.15, -0.1) is 0 Å². The minimum Gasteiger partial charge on any atom is -0.343 e. The van der Waals surface area contributed by atoms with Gasteiger partial charge in [-0.25, -0.2) is 4.98 Å². The van der Waals surface area contributed by atoms with Crippen LogP contribution in [0.2, 0.25) is 5.02 Å². The van der Waals surface area contributed by atoms with Gasteiger partial charge in [0.2, 0.25) is 0 Å². The number of benzene rings is 1. The van der Waals surface area contributed by atoms with Crippen LogP contribution in [0.25, 0.3) is 10.2 Å². The highest BCUT2D eigenvalue weighted by molar-refractivity contribution is 7.22. The fraction of sp³-hybridized carbons (Fsp3) is 0.435. The van der Waals surface area contributed by atoms with E-state index in [1.54, 1.807) is 11.3 Å². The molecule has 0 bridgehead atoms. The van der Waals surface area contributed by atoms with Crippen molar-refractivity contribution in [3.05, 3.63) is 59.2 Å². The number of allylic oxidation sites excluding steroid dienone is 3. The van der Waals surface area contributed by atoms with Crippen molar-refractivity contribution in [2.45, 2.75) is 39.7 Å². The van der Waals surface area contributed by atoms with Crippen LogP contribution in [0.1, 0.15) is 33.6 Å². The molecule has 1 aliphatic heterocycles. The first kappa shape index (κ1) is 21.1. The molecule has 3 rings (SSSR count). The van der Waals surface area contributed by atoms with Gasteiger partial charge in [0.25, 0.3) is 0 Å². The molecular formula is C23H30ClN3S. The first-order valence-electron chi connectivity index (χ1n) is 10.0. The van der Waals surface area contributed by atoms with Crippen LogP contribution in [0.15, 0.2) is 54.2 Å². The molecule has 0 saturated carbocycles. The number of halogens is 1. The summed E-state index contributed by atoms with van der Waals surface area (Å²) in [6.45, 7) is 14.7. The van der Waals surface area contributed by atoms with E-state index in [1.165, 1.54) is 17.6 Å². The summed E-state index contributed by atoms with van der Waals surface area (Å²) < 4.78 is 1.16. The smallest absolute Gasteiger partial charge is 0.186 e. The normalized spacial score (nSPS) is 19.4. The molecule has 0 spiro atoms. The monoisotopic (exact) mass is 415 g/mol. The van der Waals surface area contributed by atoms with Gasteiger partial charge in [-0.2, -0.15) is 0 Å². The first-order chi connectivity index (χ1) is 13.5. The first-order valence-corrected chi connectivity index (χ1v) is 11.2. The molecule has 1 saturated heterocycles. The predicted molar refractivity (Wildman–Crippen MR) is 125 cm³/mol. The number of piperazine rings is 1. The van der Waals surface area contributed by atoms with Crippen LogP contribution in [-0.2, 0) is 0 Å². The summed E-state index contributed by atoms with van der Waals surface area (Å²) in [5, 5.41) is 1.87. The summed E-state index contributed by atoms with van der Waals surface area (Å²) in [7, 11) is 0. The number of thiazole rings is 1. The standard InChI is InChI=1S/C23H30ClN3S/c1-5-7-8-17(3)13-19(6-2)16-26-11-12-27(18(4)15-26)23-25-21-10-9-20(24)14-22(21)28-23/h6,8-10,13-14,18H,2,5,7,11-12,15-16H2,1,3-4H3/b17-8-,19-13+/t18-/m1/s1. The van der Waals surface area contributed by atoms with E-state index in [-0.39, 0.29) is 0 Å². The van der Waals surface area contributed by atoms with Gasteiger partial charge in [-0.1, -0.05) is 66.7 Å². The molecule has 0 radical (unpaired) electrons. The Labute approximate surface area is 178 Å². The summed E-state index contributed by atoms with van der Waals surface area (Å²) >= 11 is 7.86. The zero-order chi connectivity index (χ0) is 20.1. The quantitative estimate of drug-likeness (QED) is 0.493. The maximum absolute atomic E-state index is 6.13. The van der Waals surface area contributed by atoms with Gasteiger partial charge < -0.3 is 4.90 Å². The Kier molecular flexibility index (Phi) is 7.33. The molecule has 1 fully saturated rings. The molecular weight excluding hydrogens is 386 g/mol. The third-order valence-corrected chi connectivity index (χ3v) is 6.42. The molecule has 150 valence electrons. The van der Waals surface area contributed by atoms with E-state index >= 15 is 0 Å². The van der Waals surface area contributed by atoms with Crippen LogP contribution in [0.5, 0.6) is 0 Å². The van der Waals surface area contributed by atoms with E-state index in [1.807, 2.05) is 24.3 Å². The minimum absolute atomic E-state index is 0.424. The van der Waals surface area contributed by atoms with Gasteiger partial charge >= 0.3 is 0 Å². The van der Waals surface area contributed by atoms with Crippen molar-refractivity contribution in [1.29, 1.82) is 0 Å². The molecule has 2 aromatic rings. The van der Waals surface area contributed by atoms with E-state index in [0.29, 0.717) is 6.04 Å². The Bertz CT molecular complexity index is 883. The Hall–Kier alpha value is -1.62. The Morgan fingerprint density at radius 1 is 1.39 bits per heavy atom. The van der Waals surface area contributed by atoms with Crippen LogP contribution >= 0.6 is 22.9 Å². The lowest BCUT2D eigenvalue weighted by Crippen LogP contribution is -2.52. The van der Waals surface area contributed by atoms with Gasteiger partial charge in [0.05, 0.1) is 10.2 Å². The second-order valence-electron chi connectivity index (χ2n) is 7.55. The maximum Gasteiger partial charge on any atom is 0.186 e. The highest BCUT2D eigenvalue weighted by atomic mass is 35.5. The highest BCUT2D eigenvalue weighted by Gasteiger charge is 2.26. The van der Waals surface area contributed by atoms with Gasteiger partial charge in [0.15, 0.2) is 5.13 Å². The molecule has 0 N–H and O–H groups in total. The minimum atomic E-state index is 0.424. The van der Waals surface area contributed by atoms with Crippen LogP contribution in [-0.4, -0.2) is 42.1 Å². The third-order valence-electron chi connectivity index (χ3n) is 5.13. The highest BCUT2D eigenvalue weighted by Crippen LogP contribution is 2.32. The van der Waals surface area contributed by atoms with E-state index < -0.39 is 0 Å². The molecule has 0 aliphatic carbocycles. The SMILES string of the molecule is C=C/C(=C\C(C)=C/CCC)CN1CCN(c2nc3ccc(Cl)cc3s2)[C@H](C)C1. The Morgan fingerprint density at radius 3 is 2.93 bits per heavy atom. The lowest BCUT2D eigenvalue weighted by molar-refractivity contribution is 0.247. The van der Waals surface area contributed by atoms with Gasteiger partial charge in [-0.05, 0) is 44.0 Å². The van der Waals surface area contributed by atoms with Crippen LogP contribution in [0, 0.1) is 0 Å². The number of nitrogens with zero attached hydrogens (tertiary/aromatic N) is 3. The van der Waals surface area contributed by atoms with E-state index in [9.17, 15) is 0 Å². The summed E-state index contributed by atoms with van der Waals surface area (Å²) in [6.07, 6.45) is 8.90. The molecule has 0 amide bonds. The lowest BCUT2D eigenvalue weighted by atomic mass is 10.1. The van der Waals surface area contributed by atoms with Crippen molar-refractivity contribution in [3.8, 4) is 0 Å². The van der Waals surface area contributed by atoms with Crippen molar-refractivity contribution in [2.75, 3.05) is 31.1 Å². The molecule has 28 heavy (non-hydrogen) atoms. The average molecular weight is 416 g/mol. The predicted octanol–water partition coefficient (Wildman–Crippen LogP) is 6.32. The zero-order valence-corrected chi connectivity index (χ0v) is 18.7. The zero-order valence-electron chi connectivity index (χ0n) is 17.1. The van der Waals surface area contributed by atoms with E-state index in [0.717, 1.165) is 53.0 Å². The van der Waals surface area contributed by atoms with Gasteiger partial charge in [-0.3, -0.25) is 4.90 Å². The topological polar surface area (TPSA) is 19.4 Å². The average Bonchev–Trinajstić information content (AvgIpc) is 3.08. The Morgan fingerprint density at radius 2 is 2.21 bits per heavy atom. The van der Waals surface area contributed by atoms with Gasteiger partial charge in [0, 0.05) is 37.2 Å². The second-order valence-corrected chi connectivity index (χ2v) is 8.99. The largest absolute Gasteiger partial charge is 0.343 e. The second kappa shape index (κ2) is 9.73. The molecule has 3 nitrogen and oxygen atoms in total. The number of hydrogen-bond acceptors (Lipinski definition) is 4. The fourth-order valence-electron chi connectivity index (χ4n) is 3.62. The summed E-state index contributed by atoms with van der Waals surface area (Å²) in [4.78, 5) is 9.78. The number of anilines is 1. The fourth-order valence-corrected chi connectivity index (χ4v) is 4.99. The van der Waals surface area contributed by atoms with Crippen molar-refractivity contribution in [3.63, 3.8) is 0 Å². The molecule has 1 aromatic carbocycles. The van der Waals surface area contributed by atoms with Crippen LogP contribution in [0.3, 0.4) is 0 Å².